The minimum absolute atomic E-state index is 0.111. The van der Waals surface area contributed by atoms with Crippen molar-refractivity contribution in [3.63, 3.8) is 0 Å². The minimum atomic E-state index is -0.232. The molecule has 3 rings (SSSR count). The number of hydrogen-bond donors (Lipinski definition) is 1. The Morgan fingerprint density at radius 3 is 2.26 bits per heavy atom. The summed E-state index contributed by atoms with van der Waals surface area (Å²) in [5, 5.41) is 7.28. The number of benzene rings is 2. The van der Waals surface area contributed by atoms with Crippen LogP contribution in [-0.2, 0) is 0 Å². The highest BCUT2D eigenvalue weighted by atomic mass is 16.2. The first-order valence-electron chi connectivity index (χ1n) is 8.62. The molecule has 0 fully saturated rings. The highest BCUT2D eigenvalue weighted by Gasteiger charge is 2.11. The van der Waals surface area contributed by atoms with Gasteiger partial charge >= 0.3 is 0 Å². The molecule has 0 radical (unpaired) electrons. The van der Waals surface area contributed by atoms with E-state index in [4.69, 9.17) is 0 Å². The molecule has 138 valence electrons. The van der Waals surface area contributed by atoms with Crippen molar-refractivity contribution in [2.24, 2.45) is 0 Å². The average molecular weight is 362 g/mol. The van der Waals surface area contributed by atoms with Gasteiger partial charge in [-0.1, -0.05) is 6.07 Å². The minimum Gasteiger partial charge on any atom is -0.345 e. The Kier molecular flexibility index (Phi) is 5.07. The van der Waals surface area contributed by atoms with Gasteiger partial charge in [0.2, 0.25) is 0 Å². The maximum atomic E-state index is 12.5. The summed E-state index contributed by atoms with van der Waals surface area (Å²) in [6.45, 7) is 3.93. The number of amides is 2. The van der Waals surface area contributed by atoms with Crippen LogP contribution in [-0.4, -0.2) is 40.6 Å². The van der Waals surface area contributed by atoms with E-state index in [1.54, 1.807) is 50.5 Å². The summed E-state index contributed by atoms with van der Waals surface area (Å²) in [7, 11) is 3.38. The van der Waals surface area contributed by atoms with E-state index in [0.29, 0.717) is 16.8 Å². The topological polar surface area (TPSA) is 67.2 Å². The maximum absolute atomic E-state index is 12.5. The zero-order chi connectivity index (χ0) is 19.6. The third kappa shape index (κ3) is 4.06. The largest absolute Gasteiger partial charge is 0.345 e. The van der Waals surface area contributed by atoms with E-state index in [0.717, 1.165) is 17.1 Å². The van der Waals surface area contributed by atoms with Crippen LogP contribution in [0.25, 0.3) is 5.69 Å². The van der Waals surface area contributed by atoms with Gasteiger partial charge in [-0.3, -0.25) is 9.59 Å². The van der Waals surface area contributed by atoms with Crippen molar-refractivity contribution in [3.05, 3.63) is 77.1 Å². The van der Waals surface area contributed by atoms with Crippen molar-refractivity contribution in [3.8, 4) is 5.69 Å². The third-order valence-corrected chi connectivity index (χ3v) is 4.16. The molecule has 0 unspecified atom stereocenters. The molecular weight excluding hydrogens is 340 g/mol. The molecule has 1 heterocycles. The molecular formula is C21H22N4O2. The van der Waals surface area contributed by atoms with E-state index in [2.05, 4.69) is 10.4 Å². The summed E-state index contributed by atoms with van der Waals surface area (Å²) < 4.78 is 1.84. The number of hydrogen-bond acceptors (Lipinski definition) is 3. The van der Waals surface area contributed by atoms with Crippen molar-refractivity contribution in [2.75, 3.05) is 19.4 Å². The van der Waals surface area contributed by atoms with E-state index in [1.165, 1.54) is 4.90 Å². The lowest BCUT2D eigenvalue weighted by atomic mass is 10.1. The number of rotatable bonds is 4. The van der Waals surface area contributed by atoms with E-state index in [-0.39, 0.29) is 11.8 Å². The standard InChI is InChI=1S/C21H22N4O2/c1-14-12-15(2)25(23-14)19-10-8-16(9-11-19)20(26)22-18-7-5-6-17(13-18)21(27)24(3)4/h5-13H,1-4H3,(H,22,26). The number of aryl methyl sites for hydroxylation is 2. The van der Waals surface area contributed by atoms with Crippen molar-refractivity contribution in [2.45, 2.75) is 13.8 Å². The van der Waals surface area contributed by atoms with Crippen molar-refractivity contribution in [1.29, 1.82) is 0 Å². The SMILES string of the molecule is Cc1cc(C)n(-c2ccc(C(=O)Nc3cccc(C(=O)N(C)C)c3)cc2)n1. The Morgan fingerprint density at radius 2 is 1.67 bits per heavy atom. The highest BCUT2D eigenvalue weighted by Crippen LogP contribution is 2.16. The molecule has 0 saturated heterocycles. The van der Waals surface area contributed by atoms with Gasteiger partial charge in [0, 0.05) is 36.6 Å². The van der Waals surface area contributed by atoms with Gasteiger partial charge in [-0.05, 0) is 62.4 Å². The quantitative estimate of drug-likeness (QED) is 0.773. The molecule has 0 aliphatic rings. The molecule has 0 atom stereocenters. The van der Waals surface area contributed by atoms with Crippen LogP contribution in [0.1, 0.15) is 32.1 Å². The second kappa shape index (κ2) is 7.45. The number of carbonyl (C=O) groups excluding carboxylic acids is 2. The zero-order valence-corrected chi connectivity index (χ0v) is 15.9. The van der Waals surface area contributed by atoms with Gasteiger partial charge in [0.05, 0.1) is 11.4 Å². The Morgan fingerprint density at radius 1 is 0.963 bits per heavy atom. The summed E-state index contributed by atoms with van der Waals surface area (Å²) in [6, 6.07) is 16.1. The fourth-order valence-electron chi connectivity index (χ4n) is 2.84. The average Bonchev–Trinajstić information content (AvgIpc) is 2.99. The highest BCUT2D eigenvalue weighted by molar-refractivity contribution is 6.05. The molecule has 0 aliphatic carbocycles. The molecule has 1 aromatic heterocycles. The first-order valence-corrected chi connectivity index (χ1v) is 8.62. The van der Waals surface area contributed by atoms with Gasteiger partial charge in [-0.15, -0.1) is 0 Å². The molecule has 6 heteroatoms. The van der Waals surface area contributed by atoms with Gasteiger partial charge < -0.3 is 10.2 Å². The molecule has 2 aromatic carbocycles. The van der Waals surface area contributed by atoms with Crippen LogP contribution in [0.5, 0.6) is 0 Å². The van der Waals surface area contributed by atoms with Gasteiger partial charge in [-0.25, -0.2) is 4.68 Å². The third-order valence-electron chi connectivity index (χ3n) is 4.16. The Labute approximate surface area is 158 Å². The van der Waals surface area contributed by atoms with Gasteiger partial charge in [0.1, 0.15) is 0 Å². The van der Waals surface area contributed by atoms with E-state index in [1.807, 2.05) is 36.7 Å². The molecule has 3 aromatic rings. The number of anilines is 1. The summed E-state index contributed by atoms with van der Waals surface area (Å²) in [6.07, 6.45) is 0. The predicted octanol–water partition coefficient (Wildman–Crippen LogP) is 3.44. The van der Waals surface area contributed by atoms with E-state index >= 15 is 0 Å². The van der Waals surface area contributed by atoms with E-state index in [9.17, 15) is 9.59 Å². The van der Waals surface area contributed by atoms with Crippen LogP contribution < -0.4 is 5.32 Å². The Bertz CT molecular complexity index is 988. The molecule has 0 aliphatic heterocycles. The Balaban J connectivity index is 1.76. The normalized spacial score (nSPS) is 10.5. The molecule has 0 spiro atoms. The Hall–Kier alpha value is -3.41. The lowest BCUT2D eigenvalue weighted by Gasteiger charge is -2.12. The van der Waals surface area contributed by atoms with Gasteiger partial charge in [-0.2, -0.15) is 5.10 Å². The zero-order valence-electron chi connectivity index (χ0n) is 15.9. The number of nitrogens with one attached hydrogen (secondary N) is 1. The van der Waals surface area contributed by atoms with Crippen LogP contribution >= 0.6 is 0 Å². The molecule has 27 heavy (non-hydrogen) atoms. The van der Waals surface area contributed by atoms with Crippen LogP contribution in [0.15, 0.2) is 54.6 Å². The lowest BCUT2D eigenvalue weighted by molar-refractivity contribution is 0.0827. The smallest absolute Gasteiger partial charge is 0.255 e. The summed E-state index contributed by atoms with van der Waals surface area (Å²) in [5.74, 6) is -0.343. The van der Waals surface area contributed by atoms with Crippen LogP contribution in [0.3, 0.4) is 0 Å². The van der Waals surface area contributed by atoms with Crippen LogP contribution in [0.2, 0.25) is 0 Å². The molecule has 6 nitrogen and oxygen atoms in total. The summed E-state index contributed by atoms with van der Waals surface area (Å²) >= 11 is 0. The summed E-state index contributed by atoms with van der Waals surface area (Å²) in [5.41, 5.74) is 4.52. The first-order chi connectivity index (χ1) is 12.8. The lowest BCUT2D eigenvalue weighted by Crippen LogP contribution is -2.22. The van der Waals surface area contributed by atoms with Gasteiger partial charge in [0.25, 0.3) is 11.8 Å². The summed E-state index contributed by atoms with van der Waals surface area (Å²) in [4.78, 5) is 26.1. The van der Waals surface area contributed by atoms with Crippen molar-refractivity contribution in [1.82, 2.24) is 14.7 Å². The maximum Gasteiger partial charge on any atom is 0.255 e. The second-order valence-corrected chi connectivity index (χ2v) is 6.62. The molecule has 0 bridgehead atoms. The molecule has 1 N–H and O–H groups in total. The fraction of sp³-hybridized carbons (Fsp3) is 0.190. The van der Waals surface area contributed by atoms with Crippen molar-refractivity contribution >= 4 is 17.5 Å². The second-order valence-electron chi connectivity index (χ2n) is 6.62. The van der Waals surface area contributed by atoms with Crippen LogP contribution in [0.4, 0.5) is 5.69 Å². The number of nitrogens with zero attached hydrogens (tertiary/aromatic N) is 3. The number of carbonyl (C=O) groups is 2. The van der Waals surface area contributed by atoms with E-state index < -0.39 is 0 Å². The van der Waals surface area contributed by atoms with Crippen molar-refractivity contribution < 1.29 is 9.59 Å². The number of aromatic nitrogens is 2. The molecule has 0 saturated carbocycles. The fourth-order valence-corrected chi connectivity index (χ4v) is 2.84. The monoisotopic (exact) mass is 362 g/mol. The predicted molar refractivity (Wildman–Crippen MR) is 105 cm³/mol. The van der Waals surface area contributed by atoms with Crippen LogP contribution in [0, 0.1) is 13.8 Å². The van der Waals surface area contributed by atoms with Gasteiger partial charge in [0.15, 0.2) is 0 Å². The molecule has 2 amide bonds. The first kappa shape index (κ1) is 18.4.